The molecule has 0 radical (unpaired) electrons. The molecule has 1 aliphatic heterocycles. The SMILES string of the molecule is COC(=O)CCS(=O)(=O)N1CCSCC1CC(=O)O. The van der Waals surface area contributed by atoms with E-state index in [1.165, 1.54) is 23.2 Å². The van der Waals surface area contributed by atoms with E-state index in [1.54, 1.807) is 0 Å². The summed E-state index contributed by atoms with van der Waals surface area (Å²) < 4.78 is 29.8. The molecule has 1 rings (SSSR count). The van der Waals surface area contributed by atoms with E-state index in [-0.39, 0.29) is 25.1 Å². The van der Waals surface area contributed by atoms with Crippen molar-refractivity contribution in [3.63, 3.8) is 0 Å². The number of carboxylic acid groups (broad SMARTS) is 1. The fourth-order valence-electron chi connectivity index (χ4n) is 1.80. The molecule has 1 atom stereocenters. The molecule has 7 nitrogen and oxygen atoms in total. The van der Waals surface area contributed by atoms with Gasteiger partial charge in [0.15, 0.2) is 0 Å². The van der Waals surface area contributed by atoms with E-state index in [4.69, 9.17) is 5.11 Å². The van der Waals surface area contributed by atoms with E-state index >= 15 is 0 Å². The molecule has 0 bridgehead atoms. The standard InChI is InChI=1S/C10H17NO6S2/c1-17-10(14)2-5-19(15,16)11-3-4-18-7-8(11)6-9(12)13/h8H,2-7H2,1H3,(H,12,13). The molecule has 9 heteroatoms. The molecule has 0 aromatic heterocycles. The van der Waals surface area contributed by atoms with E-state index in [1.807, 2.05) is 0 Å². The van der Waals surface area contributed by atoms with Gasteiger partial charge in [0, 0.05) is 24.1 Å². The smallest absolute Gasteiger partial charge is 0.306 e. The number of methoxy groups -OCH3 is 1. The van der Waals surface area contributed by atoms with Crippen LogP contribution in [-0.4, -0.2) is 66.7 Å². The minimum atomic E-state index is -3.63. The largest absolute Gasteiger partial charge is 0.481 e. The van der Waals surface area contributed by atoms with Gasteiger partial charge >= 0.3 is 11.9 Å². The van der Waals surface area contributed by atoms with Gasteiger partial charge in [-0.15, -0.1) is 0 Å². The molecular weight excluding hydrogens is 294 g/mol. The summed E-state index contributed by atoms with van der Waals surface area (Å²) in [4.78, 5) is 21.7. The number of rotatable bonds is 6. The van der Waals surface area contributed by atoms with Crippen molar-refractivity contribution in [3.8, 4) is 0 Å². The lowest BCUT2D eigenvalue weighted by molar-refractivity contribution is -0.140. The Morgan fingerprint density at radius 3 is 2.74 bits per heavy atom. The summed E-state index contributed by atoms with van der Waals surface area (Å²) in [7, 11) is -2.43. The third kappa shape index (κ3) is 5.00. The fourth-order valence-corrected chi connectivity index (χ4v) is 4.70. The zero-order valence-electron chi connectivity index (χ0n) is 10.6. The number of thioether (sulfide) groups is 1. The number of ether oxygens (including phenoxy) is 1. The van der Waals surface area contributed by atoms with Crippen LogP contribution in [0.2, 0.25) is 0 Å². The van der Waals surface area contributed by atoms with Gasteiger partial charge in [-0.1, -0.05) is 0 Å². The molecule has 0 amide bonds. The molecule has 1 N–H and O–H groups in total. The van der Waals surface area contributed by atoms with Gasteiger partial charge in [-0.2, -0.15) is 16.1 Å². The first-order valence-electron chi connectivity index (χ1n) is 5.72. The summed E-state index contributed by atoms with van der Waals surface area (Å²) in [5, 5.41) is 8.80. The third-order valence-corrected chi connectivity index (χ3v) is 5.74. The van der Waals surface area contributed by atoms with Crippen molar-refractivity contribution in [2.75, 3.05) is 30.9 Å². The molecule has 0 aliphatic carbocycles. The summed E-state index contributed by atoms with van der Waals surface area (Å²) in [6.45, 7) is 0.284. The number of esters is 1. The average molecular weight is 311 g/mol. The van der Waals surface area contributed by atoms with E-state index in [2.05, 4.69) is 4.74 Å². The first-order valence-corrected chi connectivity index (χ1v) is 8.49. The van der Waals surface area contributed by atoms with Gasteiger partial charge in [0.1, 0.15) is 0 Å². The minimum Gasteiger partial charge on any atom is -0.481 e. The summed E-state index contributed by atoms with van der Waals surface area (Å²) in [5.74, 6) is -0.872. The van der Waals surface area contributed by atoms with Crippen LogP contribution in [0.1, 0.15) is 12.8 Å². The van der Waals surface area contributed by atoms with E-state index in [9.17, 15) is 18.0 Å². The lowest BCUT2D eigenvalue weighted by Crippen LogP contribution is -2.48. The molecule has 1 aliphatic rings. The van der Waals surface area contributed by atoms with E-state index < -0.39 is 28.0 Å². The Morgan fingerprint density at radius 1 is 1.47 bits per heavy atom. The van der Waals surface area contributed by atoms with Gasteiger partial charge in [0.25, 0.3) is 0 Å². The number of hydrogen-bond acceptors (Lipinski definition) is 6. The number of nitrogens with zero attached hydrogens (tertiary/aromatic N) is 1. The molecule has 1 saturated heterocycles. The molecule has 110 valence electrons. The zero-order chi connectivity index (χ0) is 14.5. The predicted octanol–water partition coefficient (Wildman–Crippen LogP) is -0.229. The lowest BCUT2D eigenvalue weighted by Gasteiger charge is -2.33. The second kappa shape index (κ2) is 7.11. The second-order valence-corrected chi connectivity index (χ2v) is 7.27. The van der Waals surface area contributed by atoms with Gasteiger partial charge in [-0.3, -0.25) is 9.59 Å². The van der Waals surface area contributed by atoms with Crippen molar-refractivity contribution in [2.45, 2.75) is 18.9 Å². The van der Waals surface area contributed by atoms with Gasteiger partial charge in [-0.05, 0) is 0 Å². The van der Waals surface area contributed by atoms with Crippen molar-refractivity contribution in [1.29, 1.82) is 0 Å². The van der Waals surface area contributed by atoms with Crippen LogP contribution in [0.25, 0.3) is 0 Å². The van der Waals surface area contributed by atoms with Crippen LogP contribution in [0.3, 0.4) is 0 Å². The molecule has 0 aromatic rings. The third-order valence-electron chi connectivity index (χ3n) is 2.73. The van der Waals surface area contributed by atoms with E-state index in [0.29, 0.717) is 11.5 Å². The average Bonchev–Trinajstić information content (AvgIpc) is 2.35. The van der Waals surface area contributed by atoms with Gasteiger partial charge in [0.2, 0.25) is 10.0 Å². The van der Waals surface area contributed by atoms with Gasteiger partial charge in [0.05, 0.1) is 25.7 Å². The molecule has 0 aromatic carbocycles. The number of carboxylic acids is 1. The molecule has 1 heterocycles. The quantitative estimate of drug-likeness (QED) is 0.676. The van der Waals surface area contributed by atoms with Crippen molar-refractivity contribution in [1.82, 2.24) is 4.31 Å². The first-order chi connectivity index (χ1) is 8.86. The predicted molar refractivity (Wildman–Crippen MR) is 70.5 cm³/mol. The lowest BCUT2D eigenvalue weighted by atomic mass is 10.2. The highest BCUT2D eigenvalue weighted by Gasteiger charge is 2.33. The van der Waals surface area contributed by atoms with Crippen LogP contribution in [0, 0.1) is 0 Å². The number of carbonyl (C=O) groups excluding carboxylic acids is 1. The fraction of sp³-hybridized carbons (Fsp3) is 0.800. The van der Waals surface area contributed by atoms with Crippen LogP contribution in [0.4, 0.5) is 0 Å². The van der Waals surface area contributed by atoms with Crippen LogP contribution in [0.5, 0.6) is 0 Å². The van der Waals surface area contributed by atoms with Crippen molar-refractivity contribution in [2.24, 2.45) is 0 Å². The van der Waals surface area contributed by atoms with Crippen molar-refractivity contribution < 1.29 is 27.9 Å². The normalized spacial score (nSPS) is 21.0. The number of aliphatic carboxylic acids is 1. The maximum Gasteiger partial charge on any atom is 0.306 e. The first kappa shape index (κ1) is 16.3. The highest BCUT2D eigenvalue weighted by molar-refractivity contribution is 7.99. The summed E-state index contributed by atoms with van der Waals surface area (Å²) >= 11 is 1.53. The minimum absolute atomic E-state index is 0.218. The molecule has 1 unspecified atom stereocenters. The Hall–Kier alpha value is -0.800. The molecule has 1 fully saturated rings. The van der Waals surface area contributed by atoms with Crippen molar-refractivity contribution >= 4 is 33.7 Å². The Balaban J connectivity index is 2.72. The molecule has 0 saturated carbocycles. The number of sulfonamides is 1. The number of carbonyl (C=O) groups is 2. The van der Waals surface area contributed by atoms with Crippen LogP contribution < -0.4 is 0 Å². The topological polar surface area (TPSA) is 101 Å². The monoisotopic (exact) mass is 311 g/mol. The highest BCUT2D eigenvalue weighted by Crippen LogP contribution is 2.22. The van der Waals surface area contributed by atoms with Crippen LogP contribution in [0.15, 0.2) is 0 Å². The maximum atomic E-state index is 12.1. The summed E-state index contributed by atoms with van der Waals surface area (Å²) in [6.07, 6.45) is -0.438. The summed E-state index contributed by atoms with van der Waals surface area (Å²) in [5.41, 5.74) is 0. The Morgan fingerprint density at radius 2 is 2.16 bits per heavy atom. The number of hydrogen-bond donors (Lipinski definition) is 1. The maximum absolute atomic E-state index is 12.1. The second-order valence-electron chi connectivity index (χ2n) is 4.08. The molecular formula is C10H17NO6S2. The molecule has 0 spiro atoms. The van der Waals surface area contributed by atoms with Crippen LogP contribution in [-0.2, 0) is 24.3 Å². The van der Waals surface area contributed by atoms with E-state index in [0.717, 1.165) is 0 Å². The Labute approximate surface area is 116 Å². The van der Waals surface area contributed by atoms with Gasteiger partial charge < -0.3 is 9.84 Å². The zero-order valence-corrected chi connectivity index (χ0v) is 12.2. The summed E-state index contributed by atoms with van der Waals surface area (Å²) in [6, 6.07) is -0.543. The van der Waals surface area contributed by atoms with Crippen molar-refractivity contribution in [3.05, 3.63) is 0 Å². The van der Waals surface area contributed by atoms with Gasteiger partial charge in [-0.25, -0.2) is 8.42 Å². The Bertz CT molecular complexity index is 435. The molecule has 19 heavy (non-hydrogen) atoms. The van der Waals surface area contributed by atoms with Crippen LogP contribution >= 0.6 is 11.8 Å². The Kier molecular flexibility index (Phi) is 6.08. The highest BCUT2D eigenvalue weighted by atomic mass is 32.2.